The van der Waals surface area contributed by atoms with Gasteiger partial charge in [-0.2, -0.15) is 0 Å². The molecule has 4 rings (SSSR count). The van der Waals surface area contributed by atoms with Gasteiger partial charge in [-0.1, -0.05) is 18.9 Å². The lowest BCUT2D eigenvalue weighted by Crippen LogP contribution is -2.52. The predicted octanol–water partition coefficient (Wildman–Crippen LogP) is 1.97. The van der Waals surface area contributed by atoms with Crippen LogP contribution in [0.3, 0.4) is 0 Å². The molecule has 0 unspecified atom stereocenters. The highest BCUT2D eigenvalue weighted by Gasteiger charge is 2.30. The number of amides is 2. The molecule has 132 valence electrons. The maximum Gasteiger partial charge on any atom is 0.227 e. The van der Waals surface area contributed by atoms with Crippen molar-refractivity contribution in [1.29, 1.82) is 0 Å². The molecule has 2 fully saturated rings. The van der Waals surface area contributed by atoms with Crippen LogP contribution in [-0.4, -0.2) is 57.8 Å². The lowest BCUT2D eigenvalue weighted by Gasteiger charge is -2.36. The third kappa shape index (κ3) is 3.38. The molecular weight excluding hydrogens is 316 g/mol. The quantitative estimate of drug-likeness (QED) is 0.929. The van der Waals surface area contributed by atoms with E-state index in [2.05, 4.69) is 9.97 Å². The summed E-state index contributed by atoms with van der Waals surface area (Å²) in [5.41, 5.74) is 2.86. The van der Waals surface area contributed by atoms with Crippen molar-refractivity contribution in [1.82, 2.24) is 19.8 Å². The zero-order valence-electron chi connectivity index (χ0n) is 14.4. The minimum atomic E-state index is 0.131. The van der Waals surface area contributed by atoms with Crippen LogP contribution < -0.4 is 0 Å². The van der Waals surface area contributed by atoms with E-state index in [1.54, 1.807) is 6.33 Å². The summed E-state index contributed by atoms with van der Waals surface area (Å²) >= 11 is 0. The minimum absolute atomic E-state index is 0.131. The van der Waals surface area contributed by atoms with E-state index >= 15 is 0 Å². The van der Waals surface area contributed by atoms with Crippen molar-refractivity contribution in [3.05, 3.63) is 30.1 Å². The van der Waals surface area contributed by atoms with E-state index in [1.807, 2.05) is 28.0 Å². The summed E-state index contributed by atoms with van der Waals surface area (Å²) in [4.78, 5) is 36.2. The average Bonchev–Trinajstić information content (AvgIpc) is 3.32. The van der Waals surface area contributed by atoms with Crippen LogP contribution in [0.25, 0.3) is 11.0 Å². The first-order valence-corrected chi connectivity index (χ1v) is 9.19. The molecule has 1 aromatic heterocycles. The molecule has 0 spiro atoms. The molecule has 2 aliphatic rings. The number of piperazine rings is 1. The van der Waals surface area contributed by atoms with Gasteiger partial charge >= 0.3 is 0 Å². The Hall–Kier alpha value is -2.37. The number of carbonyl (C=O) groups excluding carboxylic acids is 2. The number of nitrogens with zero attached hydrogens (tertiary/aromatic N) is 3. The molecule has 0 bridgehead atoms. The first kappa shape index (κ1) is 16.1. The van der Waals surface area contributed by atoms with Crippen molar-refractivity contribution in [2.45, 2.75) is 32.1 Å². The first-order chi connectivity index (χ1) is 12.2. The monoisotopic (exact) mass is 340 g/mol. The van der Waals surface area contributed by atoms with Crippen LogP contribution in [0.4, 0.5) is 0 Å². The number of benzene rings is 1. The van der Waals surface area contributed by atoms with Gasteiger partial charge in [-0.05, 0) is 30.5 Å². The van der Waals surface area contributed by atoms with Crippen molar-refractivity contribution in [2.75, 3.05) is 26.2 Å². The van der Waals surface area contributed by atoms with E-state index in [9.17, 15) is 9.59 Å². The minimum Gasteiger partial charge on any atom is -0.345 e. The van der Waals surface area contributed by atoms with E-state index in [4.69, 9.17) is 0 Å². The van der Waals surface area contributed by atoms with Crippen molar-refractivity contribution < 1.29 is 9.59 Å². The standard InChI is InChI=1S/C19H24N4O2/c24-18(12-14-5-6-16-17(11-14)21-13-20-16)22-7-9-23(10-8-22)19(25)15-3-1-2-4-15/h5-6,11,13,15H,1-4,7-10,12H2,(H,20,21). The number of carbonyl (C=O) groups is 2. The van der Waals surface area contributed by atoms with E-state index in [-0.39, 0.29) is 11.8 Å². The third-order valence-corrected chi connectivity index (χ3v) is 5.49. The highest BCUT2D eigenvalue weighted by molar-refractivity contribution is 5.82. The highest BCUT2D eigenvalue weighted by atomic mass is 16.2. The number of imidazole rings is 1. The molecule has 1 aliphatic carbocycles. The Morgan fingerprint density at radius 2 is 1.80 bits per heavy atom. The molecule has 1 saturated carbocycles. The number of H-pyrrole nitrogens is 1. The van der Waals surface area contributed by atoms with E-state index in [0.29, 0.717) is 38.5 Å². The van der Waals surface area contributed by atoms with Crippen molar-refractivity contribution in [3.8, 4) is 0 Å². The van der Waals surface area contributed by atoms with E-state index in [1.165, 1.54) is 12.8 Å². The second kappa shape index (κ2) is 6.86. The lowest BCUT2D eigenvalue weighted by molar-refractivity contribution is -0.141. The first-order valence-electron chi connectivity index (χ1n) is 9.19. The molecule has 0 radical (unpaired) electrons. The zero-order valence-corrected chi connectivity index (χ0v) is 14.4. The van der Waals surface area contributed by atoms with Crippen LogP contribution >= 0.6 is 0 Å². The molecule has 6 nitrogen and oxygen atoms in total. The summed E-state index contributed by atoms with van der Waals surface area (Å²) in [6, 6.07) is 5.88. The number of fused-ring (bicyclic) bond motifs is 1. The highest BCUT2D eigenvalue weighted by Crippen LogP contribution is 2.27. The number of hydrogen-bond donors (Lipinski definition) is 1. The smallest absolute Gasteiger partial charge is 0.227 e. The van der Waals surface area contributed by atoms with Crippen LogP contribution in [0.1, 0.15) is 31.2 Å². The Labute approximate surface area is 147 Å². The normalized spacial score (nSPS) is 18.9. The summed E-state index contributed by atoms with van der Waals surface area (Å²) < 4.78 is 0. The predicted molar refractivity (Wildman–Crippen MR) is 94.9 cm³/mol. The Bertz CT molecular complexity index is 771. The molecule has 1 saturated heterocycles. The Morgan fingerprint density at radius 1 is 1.08 bits per heavy atom. The van der Waals surface area contributed by atoms with Crippen molar-refractivity contribution >= 4 is 22.8 Å². The van der Waals surface area contributed by atoms with Crippen LogP contribution in [0.2, 0.25) is 0 Å². The largest absolute Gasteiger partial charge is 0.345 e. The molecule has 1 aliphatic heterocycles. The van der Waals surface area contributed by atoms with E-state index in [0.717, 1.165) is 29.4 Å². The summed E-state index contributed by atoms with van der Waals surface area (Å²) in [5, 5.41) is 0. The van der Waals surface area contributed by atoms with Crippen LogP contribution in [-0.2, 0) is 16.0 Å². The fourth-order valence-corrected chi connectivity index (χ4v) is 3.99. The van der Waals surface area contributed by atoms with Gasteiger partial charge in [-0.3, -0.25) is 9.59 Å². The van der Waals surface area contributed by atoms with Gasteiger partial charge in [0, 0.05) is 32.1 Å². The Kier molecular flexibility index (Phi) is 4.42. The fourth-order valence-electron chi connectivity index (χ4n) is 3.99. The number of rotatable bonds is 3. The molecule has 0 atom stereocenters. The molecule has 1 N–H and O–H groups in total. The SMILES string of the molecule is O=C(Cc1ccc2nc[nH]c2c1)N1CCN(C(=O)C2CCCC2)CC1. The lowest BCUT2D eigenvalue weighted by atomic mass is 10.1. The number of hydrogen-bond acceptors (Lipinski definition) is 3. The zero-order chi connectivity index (χ0) is 17.2. The van der Waals surface area contributed by atoms with Crippen molar-refractivity contribution in [2.24, 2.45) is 5.92 Å². The molecule has 2 amide bonds. The molecule has 2 heterocycles. The van der Waals surface area contributed by atoms with Gasteiger partial charge < -0.3 is 14.8 Å². The summed E-state index contributed by atoms with van der Waals surface area (Å²) in [6.07, 6.45) is 6.48. The topological polar surface area (TPSA) is 69.3 Å². The molecule has 1 aromatic carbocycles. The van der Waals surface area contributed by atoms with Gasteiger partial charge in [0.15, 0.2) is 0 Å². The number of aromatic amines is 1. The third-order valence-electron chi connectivity index (χ3n) is 5.49. The maximum absolute atomic E-state index is 12.6. The van der Waals surface area contributed by atoms with Gasteiger partial charge in [-0.25, -0.2) is 4.98 Å². The van der Waals surface area contributed by atoms with Crippen LogP contribution in [0.5, 0.6) is 0 Å². The maximum atomic E-state index is 12.6. The Morgan fingerprint density at radius 3 is 2.56 bits per heavy atom. The number of aromatic nitrogens is 2. The van der Waals surface area contributed by atoms with E-state index < -0.39 is 0 Å². The molecule has 2 aromatic rings. The van der Waals surface area contributed by atoms with Gasteiger partial charge in [-0.15, -0.1) is 0 Å². The second-order valence-corrected chi connectivity index (χ2v) is 7.12. The Balaban J connectivity index is 1.32. The summed E-state index contributed by atoms with van der Waals surface area (Å²) in [5.74, 6) is 0.657. The second-order valence-electron chi connectivity index (χ2n) is 7.12. The van der Waals surface area contributed by atoms with Crippen molar-refractivity contribution in [3.63, 3.8) is 0 Å². The molecule has 6 heteroatoms. The number of nitrogens with one attached hydrogen (secondary N) is 1. The van der Waals surface area contributed by atoms with Crippen LogP contribution in [0, 0.1) is 5.92 Å². The van der Waals surface area contributed by atoms with Gasteiger partial charge in [0.05, 0.1) is 23.8 Å². The van der Waals surface area contributed by atoms with Crippen LogP contribution in [0.15, 0.2) is 24.5 Å². The van der Waals surface area contributed by atoms with Gasteiger partial charge in [0.1, 0.15) is 0 Å². The summed E-state index contributed by atoms with van der Waals surface area (Å²) in [7, 11) is 0. The van der Waals surface area contributed by atoms with Gasteiger partial charge in [0.2, 0.25) is 11.8 Å². The average molecular weight is 340 g/mol. The fraction of sp³-hybridized carbons (Fsp3) is 0.526. The summed E-state index contributed by atoms with van der Waals surface area (Å²) in [6.45, 7) is 2.62. The molecule has 25 heavy (non-hydrogen) atoms. The van der Waals surface area contributed by atoms with Gasteiger partial charge in [0.25, 0.3) is 0 Å². The molecular formula is C19H24N4O2.